The van der Waals surface area contributed by atoms with E-state index in [0.717, 1.165) is 16.5 Å². The zero-order chi connectivity index (χ0) is 10.5. The van der Waals surface area contributed by atoms with Crippen molar-refractivity contribution in [1.82, 2.24) is 0 Å². The van der Waals surface area contributed by atoms with E-state index in [1.165, 1.54) is 11.1 Å². The van der Waals surface area contributed by atoms with Crippen LogP contribution in [0.5, 0.6) is 0 Å². The number of alkyl halides is 1. The largest absolute Gasteiger partial charge is 0.0843 e. The minimum atomic E-state index is 0.219. The monoisotopic (exact) mass is 292 g/mol. The first-order chi connectivity index (χ1) is 6.42. The lowest BCUT2D eigenvalue weighted by molar-refractivity contribution is 0.389. The van der Waals surface area contributed by atoms with Gasteiger partial charge in [-0.25, -0.2) is 0 Å². The van der Waals surface area contributed by atoms with E-state index in [0.29, 0.717) is 4.83 Å². The molecule has 0 aromatic heterocycles. The maximum Gasteiger partial charge on any atom is 0.0456 e. The first kappa shape index (κ1) is 10.8. The Morgan fingerprint density at radius 2 is 2.00 bits per heavy atom. The van der Waals surface area contributed by atoms with Crippen LogP contribution in [0, 0.1) is 5.41 Å². The third kappa shape index (κ3) is 1.60. The molecule has 0 nitrogen and oxygen atoms in total. The van der Waals surface area contributed by atoms with Crippen LogP contribution in [0.15, 0.2) is 12.1 Å². The van der Waals surface area contributed by atoms with Gasteiger partial charge in [0.2, 0.25) is 0 Å². The molecule has 1 aromatic carbocycles. The summed E-state index contributed by atoms with van der Waals surface area (Å²) in [6.45, 7) is 4.47. The fourth-order valence-corrected chi connectivity index (χ4v) is 3.15. The van der Waals surface area contributed by atoms with Crippen LogP contribution in [0.1, 0.15) is 29.8 Å². The molecule has 0 saturated carbocycles. The molecule has 14 heavy (non-hydrogen) atoms. The number of hydrogen-bond donors (Lipinski definition) is 0. The maximum atomic E-state index is 6.16. The molecule has 1 aromatic rings. The Hall–Kier alpha value is 0.280. The smallest absolute Gasteiger partial charge is 0.0456 e. The van der Waals surface area contributed by atoms with Gasteiger partial charge in [0.15, 0.2) is 0 Å². The van der Waals surface area contributed by atoms with Crippen molar-refractivity contribution >= 4 is 39.1 Å². The lowest BCUT2D eigenvalue weighted by atomic mass is 9.90. The molecule has 0 N–H and O–H groups in total. The fraction of sp³-hybridized carbons (Fsp3) is 0.455. The van der Waals surface area contributed by atoms with Gasteiger partial charge in [0.1, 0.15) is 0 Å². The minimum absolute atomic E-state index is 0.219. The molecular weight excluding hydrogens is 283 g/mol. The fourth-order valence-electron chi connectivity index (χ4n) is 2.00. The first-order valence-electron chi connectivity index (χ1n) is 4.54. The van der Waals surface area contributed by atoms with E-state index in [2.05, 4.69) is 29.8 Å². The SMILES string of the molecule is CC1(C)Cc2c(Cl)cc(Cl)cc2C1Br. The summed E-state index contributed by atoms with van der Waals surface area (Å²) in [4.78, 5) is 0.348. The Balaban J connectivity index is 2.59. The Morgan fingerprint density at radius 3 is 2.64 bits per heavy atom. The molecule has 0 aliphatic heterocycles. The highest BCUT2D eigenvalue weighted by Gasteiger charge is 2.38. The van der Waals surface area contributed by atoms with Crippen LogP contribution in [0.3, 0.4) is 0 Å². The predicted molar refractivity (Wildman–Crippen MR) is 65.6 cm³/mol. The molecule has 1 aliphatic rings. The highest BCUT2D eigenvalue weighted by molar-refractivity contribution is 9.09. The van der Waals surface area contributed by atoms with E-state index in [9.17, 15) is 0 Å². The number of halogens is 3. The van der Waals surface area contributed by atoms with Crippen LogP contribution in [0.4, 0.5) is 0 Å². The summed E-state index contributed by atoms with van der Waals surface area (Å²) in [5.74, 6) is 0. The topological polar surface area (TPSA) is 0 Å². The average Bonchev–Trinajstić information content (AvgIpc) is 2.28. The van der Waals surface area contributed by atoms with Crippen LogP contribution in [-0.4, -0.2) is 0 Å². The van der Waals surface area contributed by atoms with Crippen LogP contribution in [0.25, 0.3) is 0 Å². The Morgan fingerprint density at radius 1 is 1.36 bits per heavy atom. The van der Waals surface area contributed by atoms with E-state index >= 15 is 0 Å². The standard InChI is InChI=1S/C11H11BrCl2/c1-11(2)5-8-7(10(11)12)3-6(13)4-9(8)14/h3-4,10H,5H2,1-2H3. The second kappa shape index (κ2) is 3.40. The molecule has 0 bridgehead atoms. The van der Waals surface area contributed by atoms with Crippen molar-refractivity contribution in [2.45, 2.75) is 25.1 Å². The number of fused-ring (bicyclic) bond motifs is 1. The summed E-state index contributed by atoms with van der Waals surface area (Å²) in [5, 5.41) is 1.51. The van der Waals surface area contributed by atoms with E-state index in [4.69, 9.17) is 23.2 Å². The van der Waals surface area contributed by atoms with E-state index < -0.39 is 0 Å². The van der Waals surface area contributed by atoms with Crippen LogP contribution in [-0.2, 0) is 6.42 Å². The number of benzene rings is 1. The molecule has 2 rings (SSSR count). The van der Waals surface area contributed by atoms with Gasteiger partial charge in [-0.3, -0.25) is 0 Å². The van der Waals surface area contributed by atoms with Crippen LogP contribution >= 0.6 is 39.1 Å². The van der Waals surface area contributed by atoms with Gasteiger partial charge in [-0.2, -0.15) is 0 Å². The number of rotatable bonds is 0. The van der Waals surface area contributed by atoms with Crippen LogP contribution in [0.2, 0.25) is 10.0 Å². The van der Waals surface area contributed by atoms with E-state index in [-0.39, 0.29) is 5.41 Å². The second-order valence-corrected chi connectivity index (χ2v) is 6.24. The molecule has 0 radical (unpaired) electrons. The summed E-state index contributed by atoms with van der Waals surface area (Å²) >= 11 is 15.9. The van der Waals surface area contributed by atoms with Crippen molar-refractivity contribution in [2.75, 3.05) is 0 Å². The van der Waals surface area contributed by atoms with Gasteiger partial charge in [0.25, 0.3) is 0 Å². The lowest BCUT2D eigenvalue weighted by Crippen LogP contribution is -2.12. The zero-order valence-electron chi connectivity index (χ0n) is 8.07. The summed E-state index contributed by atoms with van der Waals surface area (Å²) in [7, 11) is 0. The molecule has 0 heterocycles. The van der Waals surface area contributed by atoms with Gasteiger partial charge in [0.05, 0.1) is 0 Å². The third-order valence-corrected chi connectivity index (χ3v) is 5.07. The first-order valence-corrected chi connectivity index (χ1v) is 6.21. The van der Waals surface area contributed by atoms with Gasteiger partial charge < -0.3 is 0 Å². The van der Waals surface area contributed by atoms with Crippen molar-refractivity contribution in [1.29, 1.82) is 0 Å². The molecule has 0 fully saturated rings. The molecule has 0 spiro atoms. The molecular formula is C11H11BrCl2. The van der Waals surface area contributed by atoms with E-state index in [1.54, 1.807) is 0 Å². The lowest BCUT2D eigenvalue weighted by Gasteiger charge is -2.21. The Kier molecular flexibility index (Phi) is 2.62. The minimum Gasteiger partial charge on any atom is -0.0843 e. The number of hydrogen-bond acceptors (Lipinski definition) is 0. The summed E-state index contributed by atoms with van der Waals surface area (Å²) < 4.78 is 0. The molecule has 3 heteroatoms. The average molecular weight is 294 g/mol. The van der Waals surface area contributed by atoms with Crippen molar-refractivity contribution in [2.24, 2.45) is 5.41 Å². The normalized spacial score (nSPS) is 23.6. The highest BCUT2D eigenvalue weighted by Crippen LogP contribution is 2.52. The Labute approximate surface area is 103 Å². The van der Waals surface area contributed by atoms with Crippen molar-refractivity contribution < 1.29 is 0 Å². The molecule has 1 aliphatic carbocycles. The summed E-state index contributed by atoms with van der Waals surface area (Å²) in [6.07, 6.45) is 1.01. The highest BCUT2D eigenvalue weighted by atomic mass is 79.9. The predicted octanol–water partition coefficient (Wildman–Crippen LogP) is 5.01. The van der Waals surface area contributed by atoms with Gasteiger partial charge in [-0.1, -0.05) is 53.0 Å². The molecule has 0 saturated heterocycles. The van der Waals surface area contributed by atoms with Crippen molar-refractivity contribution in [3.8, 4) is 0 Å². The van der Waals surface area contributed by atoms with Crippen molar-refractivity contribution in [3.63, 3.8) is 0 Å². The zero-order valence-corrected chi connectivity index (χ0v) is 11.2. The summed E-state index contributed by atoms with van der Waals surface area (Å²) in [5.41, 5.74) is 2.70. The molecule has 1 atom stereocenters. The summed E-state index contributed by atoms with van der Waals surface area (Å²) in [6, 6.07) is 3.83. The molecule has 0 amide bonds. The molecule has 76 valence electrons. The van der Waals surface area contributed by atoms with Gasteiger partial charge in [-0.15, -0.1) is 0 Å². The van der Waals surface area contributed by atoms with Gasteiger partial charge in [-0.05, 0) is 35.1 Å². The van der Waals surface area contributed by atoms with Crippen LogP contribution < -0.4 is 0 Å². The maximum absolute atomic E-state index is 6.16. The van der Waals surface area contributed by atoms with Crippen molar-refractivity contribution in [3.05, 3.63) is 33.3 Å². The van der Waals surface area contributed by atoms with E-state index in [1.807, 2.05) is 12.1 Å². The quantitative estimate of drug-likeness (QED) is 0.590. The second-order valence-electron chi connectivity index (χ2n) is 4.48. The van der Waals surface area contributed by atoms with Gasteiger partial charge in [0, 0.05) is 14.9 Å². The third-order valence-electron chi connectivity index (χ3n) is 2.79. The van der Waals surface area contributed by atoms with Gasteiger partial charge >= 0.3 is 0 Å². The Bertz CT molecular complexity index is 385. The molecule has 1 unspecified atom stereocenters.